The van der Waals surface area contributed by atoms with Gasteiger partial charge in [-0.2, -0.15) is 0 Å². The molecule has 1 aliphatic rings. The van der Waals surface area contributed by atoms with Gasteiger partial charge < -0.3 is 5.32 Å². The molecule has 0 aromatic heterocycles. The molecule has 0 spiro atoms. The van der Waals surface area contributed by atoms with Crippen molar-refractivity contribution in [3.05, 3.63) is 24.4 Å². The highest BCUT2D eigenvalue weighted by Gasteiger charge is 2.02. The molecule has 0 aromatic carbocycles. The highest BCUT2D eigenvalue weighted by molar-refractivity contribution is 5.18. The van der Waals surface area contributed by atoms with Crippen LogP contribution in [0.2, 0.25) is 0 Å². The zero-order valence-corrected chi connectivity index (χ0v) is 5.15. The zero-order valence-electron chi connectivity index (χ0n) is 5.15. The molecule has 0 fully saturated rings. The van der Waals surface area contributed by atoms with Crippen LogP contribution in [0.25, 0.3) is 0 Å². The second-order valence-corrected chi connectivity index (χ2v) is 2.26. The summed E-state index contributed by atoms with van der Waals surface area (Å²) in [4.78, 5) is 0. The number of hydrogen-bond donors (Lipinski definition) is 1. The molecule has 8 heavy (non-hydrogen) atoms. The third-order valence-corrected chi connectivity index (χ3v) is 1.27. The first-order valence-electron chi connectivity index (χ1n) is 2.89. The first kappa shape index (κ1) is 5.42. The van der Waals surface area contributed by atoms with Crippen LogP contribution >= 0.6 is 0 Å². The molecule has 0 radical (unpaired) electrons. The molecule has 44 valence electrons. The minimum atomic E-state index is 0.576. The Balaban J connectivity index is 2.54. The van der Waals surface area contributed by atoms with Crippen molar-refractivity contribution in [2.75, 3.05) is 0 Å². The summed E-state index contributed by atoms with van der Waals surface area (Å²) in [5.74, 6) is 0. The summed E-state index contributed by atoms with van der Waals surface area (Å²) in [5.41, 5.74) is 1.22. The van der Waals surface area contributed by atoms with Crippen LogP contribution in [-0.2, 0) is 0 Å². The SMILES string of the molecule is C=C1C=CNC(C)C1. The number of nitrogens with one attached hydrogen (secondary N) is 1. The van der Waals surface area contributed by atoms with Crippen LogP contribution < -0.4 is 5.32 Å². The van der Waals surface area contributed by atoms with Crippen LogP contribution in [0.4, 0.5) is 0 Å². The van der Waals surface area contributed by atoms with Crippen LogP contribution in [0.15, 0.2) is 24.4 Å². The maximum absolute atomic E-state index is 3.84. The van der Waals surface area contributed by atoms with Crippen molar-refractivity contribution in [1.82, 2.24) is 5.32 Å². The minimum Gasteiger partial charge on any atom is -0.388 e. The van der Waals surface area contributed by atoms with Gasteiger partial charge in [0, 0.05) is 6.04 Å². The fraction of sp³-hybridized carbons (Fsp3) is 0.429. The summed E-state index contributed by atoms with van der Waals surface area (Å²) in [6, 6.07) is 0.576. The smallest absolute Gasteiger partial charge is 0.0267 e. The van der Waals surface area contributed by atoms with E-state index in [4.69, 9.17) is 0 Å². The molecule has 1 nitrogen and oxygen atoms in total. The van der Waals surface area contributed by atoms with Crippen molar-refractivity contribution >= 4 is 0 Å². The lowest BCUT2D eigenvalue weighted by Gasteiger charge is -2.15. The first-order valence-corrected chi connectivity index (χ1v) is 2.89. The molecule has 0 bridgehead atoms. The molecule has 1 heterocycles. The lowest BCUT2D eigenvalue weighted by molar-refractivity contribution is 0.622. The predicted octanol–water partition coefficient (Wildman–Crippen LogP) is 1.44. The Kier molecular flexibility index (Phi) is 1.38. The predicted molar refractivity (Wildman–Crippen MR) is 35.5 cm³/mol. The monoisotopic (exact) mass is 109 g/mol. The molecular formula is C7H11N. The topological polar surface area (TPSA) is 12.0 Å². The molecule has 0 saturated carbocycles. The highest BCUT2D eigenvalue weighted by Crippen LogP contribution is 2.07. The third kappa shape index (κ3) is 1.12. The first-order chi connectivity index (χ1) is 3.79. The van der Waals surface area contributed by atoms with Gasteiger partial charge in [0.15, 0.2) is 0 Å². The molecule has 0 saturated heterocycles. The van der Waals surface area contributed by atoms with E-state index in [2.05, 4.69) is 18.8 Å². The second kappa shape index (κ2) is 2.03. The highest BCUT2D eigenvalue weighted by atomic mass is 14.9. The van der Waals surface area contributed by atoms with Gasteiger partial charge in [-0.05, 0) is 25.6 Å². The molecule has 1 atom stereocenters. The standard InChI is InChI=1S/C7H11N/c1-6-3-4-8-7(2)5-6/h3-4,7-8H,1,5H2,2H3. The van der Waals surface area contributed by atoms with E-state index in [1.165, 1.54) is 5.57 Å². The molecule has 0 aliphatic carbocycles. The maximum Gasteiger partial charge on any atom is 0.0267 e. The quantitative estimate of drug-likeness (QED) is 0.496. The van der Waals surface area contributed by atoms with E-state index in [1.807, 2.05) is 12.3 Å². The Morgan fingerprint density at radius 1 is 1.88 bits per heavy atom. The molecule has 1 unspecified atom stereocenters. The van der Waals surface area contributed by atoms with Crippen LogP contribution in [0.3, 0.4) is 0 Å². The fourth-order valence-electron chi connectivity index (χ4n) is 0.850. The average molecular weight is 109 g/mol. The van der Waals surface area contributed by atoms with Crippen molar-refractivity contribution in [2.24, 2.45) is 0 Å². The van der Waals surface area contributed by atoms with Gasteiger partial charge in [-0.25, -0.2) is 0 Å². The maximum atomic E-state index is 3.84. The van der Waals surface area contributed by atoms with E-state index in [-0.39, 0.29) is 0 Å². The molecule has 1 heteroatoms. The van der Waals surface area contributed by atoms with Gasteiger partial charge in [-0.15, -0.1) is 0 Å². The lowest BCUT2D eigenvalue weighted by atomic mass is 10.1. The van der Waals surface area contributed by atoms with Gasteiger partial charge >= 0.3 is 0 Å². The lowest BCUT2D eigenvalue weighted by Crippen LogP contribution is -2.23. The minimum absolute atomic E-state index is 0.576. The van der Waals surface area contributed by atoms with E-state index < -0.39 is 0 Å². The van der Waals surface area contributed by atoms with E-state index in [0.29, 0.717) is 6.04 Å². The van der Waals surface area contributed by atoms with Gasteiger partial charge in [0.25, 0.3) is 0 Å². The van der Waals surface area contributed by atoms with E-state index in [9.17, 15) is 0 Å². The van der Waals surface area contributed by atoms with Gasteiger partial charge in [-0.1, -0.05) is 12.2 Å². The summed E-state index contributed by atoms with van der Waals surface area (Å²) in [7, 11) is 0. The normalized spacial score (nSPS) is 27.6. The Labute approximate surface area is 50.1 Å². The number of allylic oxidation sites excluding steroid dienone is 1. The molecule has 0 amide bonds. The number of rotatable bonds is 0. The fourth-order valence-corrected chi connectivity index (χ4v) is 0.850. The summed E-state index contributed by atoms with van der Waals surface area (Å²) in [5, 5.41) is 3.17. The molecular weight excluding hydrogens is 98.1 g/mol. The Morgan fingerprint density at radius 3 is 3.00 bits per heavy atom. The summed E-state index contributed by atoms with van der Waals surface area (Å²) >= 11 is 0. The Hall–Kier alpha value is -0.720. The Morgan fingerprint density at radius 2 is 2.62 bits per heavy atom. The molecule has 1 aliphatic heterocycles. The van der Waals surface area contributed by atoms with Crippen LogP contribution in [0, 0.1) is 0 Å². The summed E-state index contributed by atoms with van der Waals surface area (Å²) in [6.45, 7) is 5.99. The third-order valence-electron chi connectivity index (χ3n) is 1.27. The summed E-state index contributed by atoms with van der Waals surface area (Å²) in [6.07, 6.45) is 5.05. The van der Waals surface area contributed by atoms with Gasteiger partial charge in [0.1, 0.15) is 0 Å². The molecule has 1 N–H and O–H groups in total. The molecule has 1 rings (SSSR count). The van der Waals surface area contributed by atoms with E-state index >= 15 is 0 Å². The van der Waals surface area contributed by atoms with E-state index in [1.54, 1.807) is 0 Å². The Bertz CT molecular complexity index is 124. The second-order valence-electron chi connectivity index (χ2n) is 2.26. The summed E-state index contributed by atoms with van der Waals surface area (Å²) < 4.78 is 0. The van der Waals surface area contributed by atoms with Gasteiger partial charge in [0.05, 0.1) is 0 Å². The van der Waals surface area contributed by atoms with Gasteiger partial charge in [-0.3, -0.25) is 0 Å². The average Bonchev–Trinajstić information content (AvgIpc) is 1.64. The van der Waals surface area contributed by atoms with Crippen molar-refractivity contribution in [1.29, 1.82) is 0 Å². The molecule has 0 aromatic rings. The number of hydrogen-bond acceptors (Lipinski definition) is 1. The van der Waals surface area contributed by atoms with E-state index in [0.717, 1.165) is 6.42 Å². The van der Waals surface area contributed by atoms with Crippen LogP contribution in [-0.4, -0.2) is 6.04 Å². The van der Waals surface area contributed by atoms with Crippen molar-refractivity contribution in [2.45, 2.75) is 19.4 Å². The van der Waals surface area contributed by atoms with Gasteiger partial charge in [0.2, 0.25) is 0 Å². The van der Waals surface area contributed by atoms with Crippen LogP contribution in [0.5, 0.6) is 0 Å². The van der Waals surface area contributed by atoms with Crippen molar-refractivity contribution in [3.63, 3.8) is 0 Å². The van der Waals surface area contributed by atoms with Crippen molar-refractivity contribution < 1.29 is 0 Å². The van der Waals surface area contributed by atoms with Crippen molar-refractivity contribution in [3.8, 4) is 0 Å². The van der Waals surface area contributed by atoms with Crippen LogP contribution in [0.1, 0.15) is 13.3 Å². The zero-order chi connectivity index (χ0) is 5.98. The largest absolute Gasteiger partial charge is 0.388 e.